The molecule has 1 N–H and O–H groups in total. The molecule has 1 atom stereocenters. The Morgan fingerprint density at radius 2 is 2.27 bits per heavy atom. The first kappa shape index (κ1) is 21.4. The van der Waals surface area contributed by atoms with E-state index in [0.29, 0.717) is 17.1 Å². The van der Waals surface area contributed by atoms with Gasteiger partial charge in [0.15, 0.2) is 5.96 Å². The molecule has 0 aliphatic carbocycles. The maximum absolute atomic E-state index is 12.6. The topological polar surface area (TPSA) is 46.1 Å². The third-order valence-corrected chi connectivity index (χ3v) is 5.05. The third-order valence-electron chi connectivity index (χ3n) is 4.81. The average Bonchev–Trinajstić information content (AvgIpc) is 3.21. The molecule has 1 unspecified atom stereocenters. The van der Waals surface area contributed by atoms with Gasteiger partial charge in [-0.05, 0) is 31.0 Å². The molecule has 1 aromatic carbocycles. The van der Waals surface area contributed by atoms with E-state index in [-0.39, 0.29) is 35.1 Å². The monoisotopic (exact) mass is 501 g/mol. The van der Waals surface area contributed by atoms with Crippen molar-refractivity contribution in [3.63, 3.8) is 0 Å². The minimum atomic E-state index is -2.87. The summed E-state index contributed by atoms with van der Waals surface area (Å²) in [5, 5.41) is 3.70. The molecule has 2 saturated heterocycles. The fourth-order valence-electron chi connectivity index (χ4n) is 3.49. The number of guanidine groups is 1. The molecular weight excluding hydrogens is 479 g/mol. The van der Waals surface area contributed by atoms with Crippen molar-refractivity contribution in [2.24, 2.45) is 10.4 Å². The lowest BCUT2D eigenvalue weighted by molar-refractivity contribution is -0.0504. The number of nitrogens with one attached hydrogen (secondary N) is 1. The Labute approximate surface area is 174 Å². The van der Waals surface area contributed by atoms with E-state index in [1.165, 1.54) is 12.1 Å². The Morgan fingerprint density at radius 1 is 1.46 bits per heavy atom. The second kappa shape index (κ2) is 9.36. The van der Waals surface area contributed by atoms with Gasteiger partial charge in [-0.25, -0.2) is 0 Å². The molecule has 26 heavy (non-hydrogen) atoms. The van der Waals surface area contributed by atoms with Gasteiger partial charge in [0.1, 0.15) is 5.75 Å². The highest BCUT2D eigenvalue weighted by molar-refractivity contribution is 14.0. The summed E-state index contributed by atoms with van der Waals surface area (Å²) in [7, 11) is 1.72. The molecule has 2 aliphatic heterocycles. The smallest absolute Gasteiger partial charge is 0.387 e. The number of ether oxygens (including phenoxy) is 2. The highest BCUT2D eigenvalue weighted by Crippen LogP contribution is 2.38. The summed E-state index contributed by atoms with van der Waals surface area (Å²) in [5.74, 6) is 0.858. The molecule has 0 bridgehead atoms. The maximum Gasteiger partial charge on any atom is 0.387 e. The first-order chi connectivity index (χ1) is 12.0. The van der Waals surface area contributed by atoms with Crippen LogP contribution < -0.4 is 10.1 Å². The Hall–Kier alpha value is -0.870. The van der Waals surface area contributed by atoms with Crippen molar-refractivity contribution in [1.82, 2.24) is 10.2 Å². The van der Waals surface area contributed by atoms with Crippen molar-refractivity contribution in [3.05, 3.63) is 28.8 Å². The summed E-state index contributed by atoms with van der Waals surface area (Å²) in [6.07, 6.45) is 2.14. The number of hydrogen-bond donors (Lipinski definition) is 1. The van der Waals surface area contributed by atoms with Gasteiger partial charge in [-0.2, -0.15) is 8.78 Å². The Bertz CT molecular complexity index is 642. The molecule has 5 nitrogen and oxygen atoms in total. The average molecular weight is 502 g/mol. The Balaban J connectivity index is 0.00000243. The molecule has 3 rings (SSSR count). The van der Waals surface area contributed by atoms with Gasteiger partial charge in [-0.1, -0.05) is 11.6 Å². The lowest BCUT2D eigenvalue weighted by atomic mass is 9.87. The van der Waals surface area contributed by atoms with Crippen molar-refractivity contribution in [1.29, 1.82) is 0 Å². The zero-order valence-electron chi connectivity index (χ0n) is 14.5. The molecule has 2 aliphatic rings. The number of hydrogen-bond acceptors (Lipinski definition) is 3. The molecule has 0 amide bonds. The van der Waals surface area contributed by atoms with E-state index >= 15 is 0 Å². The van der Waals surface area contributed by atoms with Crippen LogP contribution in [0.4, 0.5) is 8.78 Å². The van der Waals surface area contributed by atoms with Crippen LogP contribution in [0.25, 0.3) is 0 Å². The summed E-state index contributed by atoms with van der Waals surface area (Å²) in [6.45, 7) is 0.828. The second-order valence-electron chi connectivity index (χ2n) is 6.51. The highest BCUT2D eigenvalue weighted by atomic mass is 127. The Morgan fingerprint density at radius 3 is 2.92 bits per heavy atom. The lowest BCUT2D eigenvalue weighted by Crippen LogP contribution is -2.41. The van der Waals surface area contributed by atoms with E-state index in [0.717, 1.165) is 45.1 Å². The molecular formula is C17H23ClF2IN3O2. The van der Waals surface area contributed by atoms with Gasteiger partial charge in [-0.15, -0.1) is 24.0 Å². The molecule has 0 aromatic heterocycles. The number of nitrogens with zero attached hydrogens (tertiary/aromatic N) is 2. The van der Waals surface area contributed by atoms with Gasteiger partial charge < -0.3 is 19.7 Å². The summed E-state index contributed by atoms with van der Waals surface area (Å²) in [6, 6.07) is 4.60. The molecule has 146 valence electrons. The van der Waals surface area contributed by atoms with Crippen molar-refractivity contribution >= 4 is 41.5 Å². The fraction of sp³-hybridized carbons (Fsp3) is 0.588. The predicted molar refractivity (Wildman–Crippen MR) is 108 cm³/mol. The first-order valence-corrected chi connectivity index (χ1v) is 8.66. The van der Waals surface area contributed by atoms with Crippen molar-refractivity contribution < 1.29 is 18.3 Å². The number of likely N-dealkylation sites (tertiary alicyclic amines) is 1. The van der Waals surface area contributed by atoms with Gasteiger partial charge in [0, 0.05) is 49.3 Å². The molecule has 2 fully saturated rings. The van der Waals surface area contributed by atoms with Crippen LogP contribution in [0, 0.1) is 5.41 Å². The predicted octanol–water partition coefficient (Wildman–Crippen LogP) is 3.75. The molecule has 0 saturated carbocycles. The van der Waals surface area contributed by atoms with Crippen molar-refractivity contribution in [2.45, 2.75) is 26.0 Å². The number of halogens is 4. The minimum Gasteiger partial charge on any atom is -0.434 e. The van der Waals surface area contributed by atoms with Gasteiger partial charge in [0.25, 0.3) is 0 Å². The van der Waals surface area contributed by atoms with Crippen LogP contribution in [0.1, 0.15) is 18.4 Å². The summed E-state index contributed by atoms with van der Waals surface area (Å²) >= 11 is 5.99. The van der Waals surface area contributed by atoms with Gasteiger partial charge >= 0.3 is 6.61 Å². The lowest BCUT2D eigenvalue weighted by Gasteiger charge is -2.25. The van der Waals surface area contributed by atoms with Crippen LogP contribution in [0.3, 0.4) is 0 Å². The third kappa shape index (κ3) is 5.10. The number of aliphatic imine (C=N–C) groups is 1. The van der Waals surface area contributed by atoms with Gasteiger partial charge in [0.2, 0.25) is 0 Å². The van der Waals surface area contributed by atoms with E-state index in [9.17, 15) is 8.78 Å². The molecule has 1 spiro atoms. The number of alkyl halides is 2. The zero-order chi connectivity index (χ0) is 17.9. The van der Waals surface area contributed by atoms with Crippen LogP contribution in [0.15, 0.2) is 23.2 Å². The van der Waals surface area contributed by atoms with E-state index in [1.807, 2.05) is 0 Å². The standard InChI is InChI=1S/C17H22ClF2N3O2.HI/c1-21-16(23-6-4-17(10-23)5-7-24-11-17)22-9-12-8-13(18)2-3-14(12)25-15(19)20;/h2-3,8,15H,4-7,9-11H2,1H3,(H,21,22);1H. The number of rotatable bonds is 4. The van der Waals surface area contributed by atoms with E-state index in [4.69, 9.17) is 16.3 Å². The normalized spacial score (nSPS) is 22.8. The van der Waals surface area contributed by atoms with E-state index in [2.05, 4.69) is 19.9 Å². The SMILES string of the molecule is CN=C(NCc1cc(Cl)ccc1OC(F)F)N1CCC2(CCOC2)C1.I. The van der Waals surface area contributed by atoms with Crippen LogP contribution >= 0.6 is 35.6 Å². The molecule has 1 aromatic rings. The number of benzene rings is 1. The largest absolute Gasteiger partial charge is 0.434 e. The van der Waals surface area contributed by atoms with Gasteiger partial charge in [-0.3, -0.25) is 4.99 Å². The van der Waals surface area contributed by atoms with Crippen molar-refractivity contribution in [2.75, 3.05) is 33.4 Å². The van der Waals surface area contributed by atoms with Gasteiger partial charge in [0.05, 0.1) is 6.61 Å². The highest BCUT2D eigenvalue weighted by Gasteiger charge is 2.42. The Kier molecular flexibility index (Phi) is 7.72. The van der Waals surface area contributed by atoms with E-state index < -0.39 is 6.61 Å². The van der Waals surface area contributed by atoms with Crippen molar-refractivity contribution in [3.8, 4) is 5.75 Å². The van der Waals surface area contributed by atoms with Crippen LogP contribution in [0.2, 0.25) is 5.02 Å². The van der Waals surface area contributed by atoms with Crippen LogP contribution in [-0.2, 0) is 11.3 Å². The fourth-order valence-corrected chi connectivity index (χ4v) is 3.69. The zero-order valence-corrected chi connectivity index (χ0v) is 17.6. The first-order valence-electron chi connectivity index (χ1n) is 8.28. The molecule has 9 heteroatoms. The summed E-state index contributed by atoms with van der Waals surface area (Å²) < 4.78 is 35.2. The molecule has 2 heterocycles. The van der Waals surface area contributed by atoms with E-state index in [1.54, 1.807) is 13.1 Å². The quantitative estimate of drug-likeness (QED) is 0.388. The summed E-state index contributed by atoms with van der Waals surface area (Å²) in [5.41, 5.74) is 0.782. The minimum absolute atomic E-state index is 0. The second-order valence-corrected chi connectivity index (χ2v) is 6.94. The van der Waals surface area contributed by atoms with Crippen LogP contribution in [-0.4, -0.2) is 50.8 Å². The van der Waals surface area contributed by atoms with Crippen LogP contribution in [0.5, 0.6) is 5.75 Å². The summed E-state index contributed by atoms with van der Waals surface area (Å²) in [4.78, 5) is 6.51. The maximum atomic E-state index is 12.6. The molecule has 0 radical (unpaired) electrons.